The Bertz CT molecular complexity index is 430. The average molecular weight is 452 g/mol. The summed E-state index contributed by atoms with van der Waals surface area (Å²) in [5.41, 5.74) is 4.91. The minimum Gasteiger partial charge on any atom is -0.327 e. The topological polar surface area (TPSA) is 69.4 Å². The molecule has 0 aliphatic heterocycles. The zero-order valence-corrected chi connectivity index (χ0v) is 20.5. The summed E-state index contributed by atoms with van der Waals surface area (Å²) in [5.74, 6) is 0. The molecule has 0 aromatic carbocycles. The molecule has 0 unspecified atom stereocenters. The van der Waals surface area contributed by atoms with Crippen molar-refractivity contribution in [1.82, 2.24) is 0 Å². The van der Waals surface area contributed by atoms with Crippen molar-refractivity contribution in [2.75, 3.05) is 13.2 Å². The van der Waals surface area contributed by atoms with E-state index < -0.39 is 10.5 Å². The van der Waals surface area contributed by atoms with E-state index in [0.717, 1.165) is 12.8 Å². The van der Waals surface area contributed by atoms with Crippen molar-refractivity contribution in [3.63, 3.8) is 0 Å². The van der Waals surface area contributed by atoms with E-state index in [0.29, 0.717) is 13.0 Å². The van der Waals surface area contributed by atoms with Crippen molar-refractivity contribution in [1.29, 1.82) is 0 Å². The number of hydrogen-bond donors (Lipinski definition) is 1. The first kappa shape index (κ1) is 31.7. The third-order valence-electron chi connectivity index (χ3n) is 5.14. The zero-order chi connectivity index (χ0) is 22.8. The first-order valence-electron chi connectivity index (χ1n) is 12.4. The van der Waals surface area contributed by atoms with Crippen molar-refractivity contribution in [2.24, 2.45) is 5.73 Å². The highest BCUT2D eigenvalue weighted by Gasteiger charge is 2.05. The van der Waals surface area contributed by atoms with E-state index in [-0.39, 0.29) is 6.61 Å². The van der Waals surface area contributed by atoms with Crippen molar-refractivity contribution < 1.29 is 16.5 Å². The van der Waals surface area contributed by atoms with Crippen LogP contribution in [0.1, 0.15) is 129 Å². The van der Waals surface area contributed by atoms with Crippen LogP contribution in [0.25, 0.3) is 0 Å². The fourth-order valence-corrected chi connectivity index (χ4v) is 3.66. The van der Waals surface area contributed by atoms with Gasteiger partial charge in [0, 0.05) is 6.54 Å². The van der Waals surface area contributed by atoms with Crippen LogP contribution in [0.4, 0.5) is 3.89 Å². The van der Waals surface area contributed by atoms with Crippen LogP contribution >= 0.6 is 0 Å². The zero-order valence-electron chi connectivity index (χ0n) is 19.7. The van der Waals surface area contributed by atoms with E-state index >= 15 is 0 Å². The molecule has 182 valence electrons. The third kappa shape index (κ3) is 35.0. The molecular weight excluding hydrogens is 401 g/mol. The number of nitrogens with two attached hydrogens (primary N) is 1. The Hall–Kier alpha value is -0.460. The number of unbranched alkanes of at least 4 members (excludes halogenated alkanes) is 18. The van der Waals surface area contributed by atoms with E-state index in [1.165, 1.54) is 103 Å². The molecular formula is C24H50FNO3S. The fourth-order valence-electron chi connectivity index (χ4n) is 3.34. The molecule has 0 spiro atoms. The lowest BCUT2D eigenvalue weighted by Gasteiger charge is -2.04. The van der Waals surface area contributed by atoms with Gasteiger partial charge in [0.25, 0.3) is 0 Å². The lowest BCUT2D eigenvalue weighted by atomic mass is 10.0. The summed E-state index contributed by atoms with van der Waals surface area (Å²) in [6.07, 6.45) is 26.2. The summed E-state index contributed by atoms with van der Waals surface area (Å²) in [6, 6.07) is 0. The molecule has 0 heterocycles. The van der Waals surface area contributed by atoms with Gasteiger partial charge in [0.2, 0.25) is 0 Å². The molecule has 2 N–H and O–H groups in total. The summed E-state index contributed by atoms with van der Waals surface area (Å²) in [5, 5.41) is 0. The van der Waals surface area contributed by atoms with Gasteiger partial charge in [-0.05, 0) is 6.42 Å². The van der Waals surface area contributed by atoms with E-state index in [9.17, 15) is 12.3 Å². The smallest absolute Gasteiger partial charge is 0.327 e. The summed E-state index contributed by atoms with van der Waals surface area (Å²) in [7, 11) is -4.75. The molecule has 0 atom stereocenters. The molecule has 0 amide bonds. The molecule has 0 fully saturated rings. The quantitative estimate of drug-likeness (QED) is 0.104. The Kier molecular flexibility index (Phi) is 28.1. The molecule has 0 rings (SSSR count). The van der Waals surface area contributed by atoms with Gasteiger partial charge in [-0.3, -0.25) is 0 Å². The average Bonchev–Trinajstić information content (AvgIpc) is 2.71. The van der Waals surface area contributed by atoms with Crippen LogP contribution < -0.4 is 5.73 Å². The highest BCUT2D eigenvalue weighted by molar-refractivity contribution is 7.81. The van der Waals surface area contributed by atoms with E-state index in [1.54, 1.807) is 6.08 Å². The van der Waals surface area contributed by atoms with Gasteiger partial charge in [-0.25, -0.2) is 4.18 Å². The molecule has 4 nitrogen and oxygen atoms in total. The second-order valence-corrected chi connectivity index (χ2v) is 9.13. The van der Waals surface area contributed by atoms with Gasteiger partial charge in [0.05, 0.1) is 6.61 Å². The van der Waals surface area contributed by atoms with Gasteiger partial charge in [-0.1, -0.05) is 132 Å². The molecule has 0 saturated carbocycles. The SMILES string of the molecule is C=CCN.CCCCCCCCCCCCCCCCCCCCCOS(=O)(=O)F. The Labute approximate surface area is 187 Å². The molecule has 0 aliphatic carbocycles. The van der Waals surface area contributed by atoms with Gasteiger partial charge in [0.1, 0.15) is 0 Å². The maximum atomic E-state index is 12.1. The molecule has 0 aliphatic rings. The molecule has 0 bridgehead atoms. The Balaban J connectivity index is 0. The van der Waals surface area contributed by atoms with Gasteiger partial charge >= 0.3 is 10.5 Å². The predicted molar refractivity (Wildman–Crippen MR) is 129 cm³/mol. The van der Waals surface area contributed by atoms with Crippen LogP contribution in [0.3, 0.4) is 0 Å². The minimum atomic E-state index is -4.75. The molecule has 0 saturated heterocycles. The maximum Gasteiger partial charge on any atom is 0.437 e. The molecule has 6 heteroatoms. The molecule has 0 aromatic rings. The number of halogens is 1. The van der Waals surface area contributed by atoms with Crippen LogP contribution in [0.2, 0.25) is 0 Å². The molecule has 0 aromatic heterocycles. The normalized spacial score (nSPS) is 11.2. The van der Waals surface area contributed by atoms with Gasteiger partial charge in [-0.2, -0.15) is 8.42 Å². The summed E-state index contributed by atoms with van der Waals surface area (Å²) >= 11 is 0. The number of hydrogen-bond acceptors (Lipinski definition) is 4. The summed E-state index contributed by atoms with van der Waals surface area (Å²) in [6.45, 7) is 6.18. The van der Waals surface area contributed by atoms with Crippen LogP contribution in [0, 0.1) is 0 Å². The van der Waals surface area contributed by atoms with E-state index in [4.69, 9.17) is 5.73 Å². The fraction of sp³-hybridized carbons (Fsp3) is 0.917. The Morgan fingerprint density at radius 2 is 0.967 bits per heavy atom. The second-order valence-electron chi connectivity index (χ2n) is 8.10. The van der Waals surface area contributed by atoms with Crippen molar-refractivity contribution in [3.05, 3.63) is 12.7 Å². The Morgan fingerprint density at radius 1 is 0.700 bits per heavy atom. The Morgan fingerprint density at radius 3 is 1.20 bits per heavy atom. The van der Waals surface area contributed by atoms with Gasteiger partial charge < -0.3 is 5.73 Å². The van der Waals surface area contributed by atoms with Crippen LogP contribution in [-0.2, 0) is 14.7 Å². The van der Waals surface area contributed by atoms with E-state index in [1.807, 2.05) is 0 Å². The van der Waals surface area contributed by atoms with Crippen LogP contribution in [0.5, 0.6) is 0 Å². The lowest BCUT2D eigenvalue weighted by molar-refractivity contribution is 0.284. The standard InChI is InChI=1S/C21H43FO3S.C3H7N/c1-2-3-4-5-6-7-8-9-10-11-12-13-14-15-16-17-18-19-20-21-25-26(22,23)24;1-2-3-4/h2-21H2,1H3;2H,1,3-4H2. The van der Waals surface area contributed by atoms with Crippen molar-refractivity contribution in [2.45, 2.75) is 129 Å². The van der Waals surface area contributed by atoms with Gasteiger partial charge in [0.15, 0.2) is 0 Å². The van der Waals surface area contributed by atoms with Crippen LogP contribution in [0.15, 0.2) is 12.7 Å². The third-order valence-corrected chi connectivity index (χ3v) is 5.59. The molecule has 0 radical (unpaired) electrons. The minimum absolute atomic E-state index is 0.0301. The van der Waals surface area contributed by atoms with E-state index in [2.05, 4.69) is 17.7 Å². The maximum absolute atomic E-state index is 12.1. The predicted octanol–water partition coefficient (Wildman–Crippen LogP) is 7.78. The number of rotatable bonds is 22. The monoisotopic (exact) mass is 451 g/mol. The second kappa shape index (κ2) is 26.6. The first-order chi connectivity index (χ1) is 14.5. The van der Waals surface area contributed by atoms with Crippen molar-refractivity contribution in [3.8, 4) is 0 Å². The highest BCUT2D eigenvalue weighted by atomic mass is 32.3. The largest absolute Gasteiger partial charge is 0.437 e. The van der Waals surface area contributed by atoms with Gasteiger partial charge in [-0.15, -0.1) is 6.58 Å². The lowest BCUT2D eigenvalue weighted by Crippen LogP contribution is -2.00. The highest BCUT2D eigenvalue weighted by Crippen LogP contribution is 2.14. The molecule has 30 heavy (non-hydrogen) atoms. The van der Waals surface area contributed by atoms with Crippen molar-refractivity contribution >= 4 is 10.5 Å². The summed E-state index contributed by atoms with van der Waals surface area (Å²) in [4.78, 5) is 0. The first-order valence-corrected chi connectivity index (χ1v) is 13.7. The van der Waals surface area contributed by atoms with Crippen LogP contribution in [-0.4, -0.2) is 21.6 Å². The summed E-state index contributed by atoms with van der Waals surface area (Å²) < 4.78 is 36.4.